The summed E-state index contributed by atoms with van der Waals surface area (Å²) in [4.78, 5) is 11.4. The van der Waals surface area contributed by atoms with E-state index in [9.17, 15) is 9.18 Å². The molecule has 0 aliphatic carbocycles. The minimum Gasteiger partial charge on any atom is -0.380 e. The van der Waals surface area contributed by atoms with Gasteiger partial charge in [0.05, 0.1) is 5.69 Å². The van der Waals surface area contributed by atoms with Crippen LogP contribution in [-0.4, -0.2) is 4.57 Å². The quantitative estimate of drug-likeness (QED) is 0.899. The maximum atomic E-state index is 12.7. The van der Waals surface area contributed by atoms with Crippen molar-refractivity contribution in [2.45, 2.75) is 20.0 Å². The van der Waals surface area contributed by atoms with E-state index in [1.807, 2.05) is 6.92 Å². The Balaban J connectivity index is 2.06. The SMILES string of the molecule is CCn1cc(NCc2ccc(F)cc2)ccc1=O. The molecule has 0 spiro atoms. The Kier molecular flexibility index (Phi) is 3.77. The summed E-state index contributed by atoms with van der Waals surface area (Å²) < 4.78 is 14.4. The number of benzene rings is 1. The molecule has 18 heavy (non-hydrogen) atoms. The fourth-order valence-corrected chi connectivity index (χ4v) is 1.69. The van der Waals surface area contributed by atoms with E-state index in [2.05, 4.69) is 5.32 Å². The highest BCUT2D eigenvalue weighted by atomic mass is 19.1. The molecule has 3 nitrogen and oxygen atoms in total. The van der Waals surface area contributed by atoms with Gasteiger partial charge in [0.2, 0.25) is 0 Å². The zero-order chi connectivity index (χ0) is 13.0. The van der Waals surface area contributed by atoms with Gasteiger partial charge in [-0.2, -0.15) is 0 Å². The lowest BCUT2D eigenvalue weighted by atomic mass is 10.2. The molecule has 0 radical (unpaired) electrons. The standard InChI is InChI=1S/C14H15FN2O/c1-2-17-10-13(7-8-14(17)18)16-9-11-3-5-12(15)6-4-11/h3-8,10,16H,2,9H2,1H3. The Hall–Kier alpha value is -2.10. The lowest BCUT2D eigenvalue weighted by Gasteiger charge is -2.08. The molecule has 2 rings (SSSR count). The van der Waals surface area contributed by atoms with E-state index in [1.54, 1.807) is 29.0 Å². The molecule has 0 saturated carbocycles. The molecular formula is C14H15FN2O. The summed E-state index contributed by atoms with van der Waals surface area (Å²) in [6.45, 7) is 3.16. The Labute approximate surface area is 105 Å². The third-order valence-corrected chi connectivity index (χ3v) is 2.73. The molecule has 1 N–H and O–H groups in total. The van der Waals surface area contributed by atoms with Crippen LogP contribution in [0.25, 0.3) is 0 Å². The van der Waals surface area contributed by atoms with Crippen molar-refractivity contribution in [1.82, 2.24) is 4.57 Å². The van der Waals surface area contributed by atoms with Crippen LogP contribution in [0.3, 0.4) is 0 Å². The van der Waals surface area contributed by atoms with Crippen molar-refractivity contribution in [3.05, 3.63) is 64.3 Å². The molecule has 0 aliphatic rings. The fourth-order valence-electron chi connectivity index (χ4n) is 1.69. The van der Waals surface area contributed by atoms with Crippen LogP contribution in [0, 0.1) is 5.82 Å². The lowest BCUT2D eigenvalue weighted by molar-refractivity contribution is 0.627. The Bertz CT molecular complexity index is 575. The van der Waals surface area contributed by atoms with Gasteiger partial charge in [-0.15, -0.1) is 0 Å². The smallest absolute Gasteiger partial charge is 0.250 e. The zero-order valence-corrected chi connectivity index (χ0v) is 10.2. The summed E-state index contributed by atoms with van der Waals surface area (Å²) in [5, 5.41) is 3.20. The molecule has 0 amide bonds. The van der Waals surface area contributed by atoms with E-state index in [-0.39, 0.29) is 11.4 Å². The topological polar surface area (TPSA) is 34.0 Å². The number of rotatable bonds is 4. The second-order valence-electron chi connectivity index (χ2n) is 4.02. The molecule has 1 aromatic heterocycles. The van der Waals surface area contributed by atoms with Crippen molar-refractivity contribution in [1.29, 1.82) is 0 Å². The minimum atomic E-state index is -0.238. The van der Waals surface area contributed by atoms with Gasteiger partial charge in [-0.05, 0) is 30.7 Å². The molecule has 1 heterocycles. The van der Waals surface area contributed by atoms with E-state index < -0.39 is 0 Å². The third kappa shape index (κ3) is 2.97. The molecule has 4 heteroatoms. The van der Waals surface area contributed by atoms with Crippen molar-refractivity contribution < 1.29 is 4.39 Å². The molecular weight excluding hydrogens is 231 g/mol. The van der Waals surface area contributed by atoms with Crippen LogP contribution >= 0.6 is 0 Å². The van der Waals surface area contributed by atoms with Crippen LogP contribution in [0.1, 0.15) is 12.5 Å². The molecule has 0 saturated heterocycles. The van der Waals surface area contributed by atoms with Gasteiger partial charge in [0.1, 0.15) is 5.82 Å². The predicted molar refractivity (Wildman–Crippen MR) is 70.1 cm³/mol. The summed E-state index contributed by atoms with van der Waals surface area (Å²) in [6.07, 6.45) is 1.78. The maximum absolute atomic E-state index is 12.7. The predicted octanol–water partition coefficient (Wildman–Crippen LogP) is 2.62. The Morgan fingerprint density at radius 3 is 2.56 bits per heavy atom. The number of nitrogens with zero attached hydrogens (tertiary/aromatic N) is 1. The number of halogens is 1. The summed E-state index contributed by atoms with van der Waals surface area (Å²) in [6, 6.07) is 9.62. The normalized spacial score (nSPS) is 10.3. The molecule has 2 aromatic rings. The minimum absolute atomic E-state index is 0.00941. The molecule has 1 aromatic carbocycles. The van der Waals surface area contributed by atoms with E-state index in [0.717, 1.165) is 11.3 Å². The Morgan fingerprint density at radius 1 is 1.17 bits per heavy atom. The first-order valence-corrected chi connectivity index (χ1v) is 5.88. The number of hydrogen-bond donors (Lipinski definition) is 1. The number of pyridine rings is 1. The highest BCUT2D eigenvalue weighted by Gasteiger charge is 1.98. The van der Waals surface area contributed by atoms with Gasteiger partial charge in [-0.1, -0.05) is 12.1 Å². The van der Waals surface area contributed by atoms with E-state index in [1.165, 1.54) is 18.2 Å². The first-order chi connectivity index (χ1) is 8.69. The monoisotopic (exact) mass is 246 g/mol. The molecule has 0 bridgehead atoms. The number of anilines is 1. The van der Waals surface area contributed by atoms with Crippen LogP contribution in [0.5, 0.6) is 0 Å². The van der Waals surface area contributed by atoms with Crippen LogP contribution in [-0.2, 0) is 13.1 Å². The van der Waals surface area contributed by atoms with Gasteiger partial charge < -0.3 is 9.88 Å². The molecule has 0 fully saturated rings. The highest BCUT2D eigenvalue weighted by molar-refractivity contribution is 5.41. The lowest BCUT2D eigenvalue weighted by Crippen LogP contribution is -2.17. The van der Waals surface area contributed by atoms with Gasteiger partial charge in [-0.3, -0.25) is 4.79 Å². The summed E-state index contributed by atoms with van der Waals surface area (Å²) in [5.74, 6) is -0.238. The Morgan fingerprint density at radius 2 is 1.89 bits per heavy atom. The molecule has 0 aliphatic heterocycles. The van der Waals surface area contributed by atoms with Crippen molar-refractivity contribution in [3.63, 3.8) is 0 Å². The van der Waals surface area contributed by atoms with E-state index in [0.29, 0.717) is 13.1 Å². The van der Waals surface area contributed by atoms with Crippen LogP contribution in [0.4, 0.5) is 10.1 Å². The van der Waals surface area contributed by atoms with Crippen LogP contribution < -0.4 is 10.9 Å². The van der Waals surface area contributed by atoms with Gasteiger partial charge in [0.15, 0.2) is 0 Å². The zero-order valence-electron chi connectivity index (χ0n) is 10.2. The van der Waals surface area contributed by atoms with Crippen molar-refractivity contribution >= 4 is 5.69 Å². The first-order valence-electron chi connectivity index (χ1n) is 5.88. The summed E-state index contributed by atoms with van der Waals surface area (Å²) in [5.41, 5.74) is 1.86. The number of nitrogens with one attached hydrogen (secondary N) is 1. The largest absolute Gasteiger partial charge is 0.380 e. The van der Waals surface area contributed by atoms with E-state index >= 15 is 0 Å². The summed E-state index contributed by atoms with van der Waals surface area (Å²) >= 11 is 0. The molecule has 0 unspecified atom stereocenters. The van der Waals surface area contributed by atoms with E-state index in [4.69, 9.17) is 0 Å². The third-order valence-electron chi connectivity index (χ3n) is 2.73. The van der Waals surface area contributed by atoms with Gasteiger partial charge in [0.25, 0.3) is 5.56 Å². The van der Waals surface area contributed by atoms with Gasteiger partial charge in [0, 0.05) is 25.4 Å². The fraction of sp³-hybridized carbons (Fsp3) is 0.214. The number of aryl methyl sites for hydroxylation is 1. The van der Waals surface area contributed by atoms with Crippen molar-refractivity contribution in [3.8, 4) is 0 Å². The average Bonchev–Trinajstić information content (AvgIpc) is 2.39. The van der Waals surface area contributed by atoms with Crippen molar-refractivity contribution in [2.24, 2.45) is 0 Å². The second-order valence-corrected chi connectivity index (χ2v) is 4.02. The molecule has 94 valence electrons. The van der Waals surface area contributed by atoms with Crippen LogP contribution in [0.2, 0.25) is 0 Å². The summed E-state index contributed by atoms with van der Waals surface area (Å²) in [7, 11) is 0. The maximum Gasteiger partial charge on any atom is 0.250 e. The van der Waals surface area contributed by atoms with Crippen LogP contribution in [0.15, 0.2) is 47.4 Å². The van der Waals surface area contributed by atoms with Gasteiger partial charge in [-0.25, -0.2) is 4.39 Å². The number of hydrogen-bond acceptors (Lipinski definition) is 2. The van der Waals surface area contributed by atoms with Crippen molar-refractivity contribution in [2.75, 3.05) is 5.32 Å². The molecule has 0 atom stereocenters. The number of aromatic nitrogens is 1. The average molecular weight is 246 g/mol. The highest BCUT2D eigenvalue weighted by Crippen LogP contribution is 2.08. The van der Waals surface area contributed by atoms with Gasteiger partial charge >= 0.3 is 0 Å². The second kappa shape index (κ2) is 5.49. The first kappa shape index (κ1) is 12.4.